The molecule has 2 atom stereocenters. The molecule has 2 aromatic carbocycles. The number of nitrogens with zero attached hydrogens (tertiary/aromatic N) is 3. The van der Waals surface area contributed by atoms with E-state index >= 15 is 0 Å². The van der Waals surface area contributed by atoms with Gasteiger partial charge in [0.15, 0.2) is 0 Å². The SMILES string of the molecule is CCC(=O)N1CCC2CCCC(CN(C(=O)Cc3ccccc3)Cc3ccccc31)N2CCC(C)C. The molecule has 1 fully saturated rings. The highest BCUT2D eigenvalue weighted by atomic mass is 16.2. The number of carbonyl (C=O) groups is 2. The van der Waals surface area contributed by atoms with Crippen LogP contribution >= 0.6 is 0 Å². The molecule has 0 aromatic heterocycles. The van der Waals surface area contributed by atoms with Gasteiger partial charge in [-0.05, 0) is 55.3 Å². The lowest BCUT2D eigenvalue weighted by Crippen LogP contribution is -2.53. The highest BCUT2D eigenvalue weighted by molar-refractivity contribution is 5.94. The van der Waals surface area contributed by atoms with E-state index in [1.54, 1.807) is 0 Å². The Bertz CT molecular complexity index is 1010. The van der Waals surface area contributed by atoms with Crippen LogP contribution in [0.2, 0.25) is 0 Å². The highest BCUT2D eigenvalue weighted by Gasteiger charge is 2.34. The quantitative estimate of drug-likeness (QED) is 0.525. The average Bonchev–Trinajstić information content (AvgIpc) is 2.89. The lowest BCUT2D eigenvalue weighted by Gasteiger charge is -2.44. The third-order valence-corrected chi connectivity index (χ3v) is 7.89. The van der Waals surface area contributed by atoms with Gasteiger partial charge in [-0.3, -0.25) is 14.5 Å². The maximum atomic E-state index is 13.8. The Labute approximate surface area is 217 Å². The molecule has 0 radical (unpaired) electrons. The summed E-state index contributed by atoms with van der Waals surface area (Å²) in [5.41, 5.74) is 3.07. The van der Waals surface area contributed by atoms with E-state index in [-0.39, 0.29) is 11.8 Å². The zero-order valence-corrected chi connectivity index (χ0v) is 22.4. The topological polar surface area (TPSA) is 43.9 Å². The van der Waals surface area contributed by atoms with E-state index in [1.807, 2.05) is 54.3 Å². The Balaban J connectivity index is 1.71. The van der Waals surface area contributed by atoms with Crippen LogP contribution in [0.25, 0.3) is 0 Å². The molecule has 194 valence electrons. The van der Waals surface area contributed by atoms with Crippen molar-refractivity contribution in [3.05, 3.63) is 65.7 Å². The highest BCUT2D eigenvalue weighted by Crippen LogP contribution is 2.31. The Morgan fingerprint density at radius 2 is 1.64 bits per heavy atom. The van der Waals surface area contributed by atoms with Gasteiger partial charge >= 0.3 is 0 Å². The molecule has 2 aliphatic heterocycles. The summed E-state index contributed by atoms with van der Waals surface area (Å²) in [6.45, 7) is 9.59. The van der Waals surface area contributed by atoms with Crippen molar-refractivity contribution in [1.82, 2.24) is 9.80 Å². The number of anilines is 1. The minimum Gasteiger partial charge on any atom is -0.336 e. The van der Waals surface area contributed by atoms with Crippen LogP contribution in [-0.2, 0) is 22.6 Å². The monoisotopic (exact) mass is 489 g/mol. The molecule has 36 heavy (non-hydrogen) atoms. The van der Waals surface area contributed by atoms with E-state index < -0.39 is 0 Å². The number of para-hydroxylation sites is 1. The predicted octanol–water partition coefficient (Wildman–Crippen LogP) is 5.67. The van der Waals surface area contributed by atoms with E-state index in [0.29, 0.717) is 37.4 Å². The summed E-state index contributed by atoms with van der Waals surface area (Å²) in [5, 5.41) is 0. The largest absolute Gasteiger partial charge is 0.336 e. The number of piperidine rings is 1. The smallest absolute Gasteiger partial charge is 0.227 e. The molecule has 2 bridgehead atoms. The molecule has 0 saturated carbocycles. The Hall–Kier alpha value is -2.66. The number of fused-ring (bicyclic) bond motifs is 3. The van der Waals surface area contributed by atoms with Gasteiger partial charge in [-0.2, -0.15) is 0 Å². The molecule has 0 N–H and O–H groups in total. The maximum absolute atomic E-state index is 13.8. The van der Waals surface area contributed by atoms with Crippen LogP contribution in [0.5, 0.6) is 0 Å². The first-order valence-corrected chi connectivity index (χ1v) is 13.9. The summed E-state index contributed by atoms with van der Waals surface area (Å²) in [6, 6.07) is 19.1. The zero-order chi connectivity index (χ0) is 25.5. The molecule has 2 aromatic rings. The van der Waals surface area contributed by atoms with Crippen molar-refractivity contribution in [2.45, 2.75) is 84.3 Å². The fourth-order valence-electron chi connectivity index (χ4n) is 5.85. The lowest BCUT2D eigenvalue weighted by molar-refractivity contribution is -0.132. The van der Waals surface area contributed by atoms with Crippen molar-refractivity contribution in [1.29, 1.82) is 0 Å². The summed E-state index contributed by atoms with van der Waals surface area (Å²) in [6.07, 6.45) is 6.50. The summed E-state index contributed by atoms with van der Waals surface area (Å²) < 4.78 is 0. The van der Waals surface area contributed by atoms with Crippen LogP contribution in [-0.4, -0.2) is 53.3 Å². The zero-order valence-electron chi connectivity index (χ0n) is 22.4. The normalized spacial score (nSPS) is 21.1. The number of benzene rings is 2. The molecule has 4 rings (SSSR count). The first-order chi connectivity index (χ1) is 17.5. The molecular weight excluding hydrogens is 446 g/mol. The van der Waals surface area contributed by atoms with Crippen LogP contribution in [0.3, 0.4) is 0 Å². The van der Waals surface area contributed by atoms with Crippen LogP contribution in [0, 0.1) is 5.92 Å². The third kappa shape index (κ3) is 6.56. The Kier molecular flexibility index (Phi) is 9.19. The first-order valence-electron chi connectivity index (χ1n) is 13.9. The second-order valence-corrected chi connectivity index (χ2v) is 10.9. The van der Waals surface area contributed by atoms with Crippen molar-refractivity contribution in [3.8, 4) is 0 Å². The van der Waals surface area contributed by atoms with E-state index in [0.717, 1.165) is 55.7 Å². The molecule has 1 saturated heterocycles. The van der Waals surface area contributed by atoms with Gasteiger partial charge in [0, 0.05) is 43.8 Å². The van der Waals surface area contributed by atoms with E-state index in [9.17, 15) is 9.59 Å². The lowest BCUT2D eigenvalue weighted by atomic mass is 9.92. The minimum atomic E-state index is 0.157. The summed E-state index contributed by atoms with van der Waals surface area (Å²) in [4.78, 5) is 33.6. The van der Waals surface area contributed by atoms with E-state index in [2.05, 4.69) is 35.8 Å². The van der Waals surface area contributed by atoms with Gasteiger partial charge in [0.2, 0.25) is 11.8 Å². The fourth-order valence-corrected chi connectivity index (χ4v) is 5.85. The molecule has 0 aliphatic carbocycles. The van der Waals surface area contributed by atoms with Gasteiger partial charge in [-0.15, -0.1) is 0 Å². The van der Waals surface area contributed by atoms with Gasteiger partial charge in [-0.1, -0.05) is 75.7 Å². The molecule has 0 spiro atoms. The molecule has 2 aliphatic rings. The fraction of sp³-hybridized carbons (Fsp3) is 0.548. The molecular formula is C31H43N3O2. The van der Waals surface area contributed by atoms with Gasteiger partial charge in [0.1, 0.15) is 0 Å². The molecule has 5 nitrogen and oxygen atoms in total. The van der Waals surface area contributed by atoms with Gasteiger partial charge in [-0.25, -0.2) is 0 Å². The molecule has 2 amide bonds. The van der Waals surface area contributed by atoms with Crippen molar-refractivity contribution in [2.75, 3.05) is 24.5 Å². The van der Waals surface area contributed by atoms with E-state index in [1.165, 1.54) is 12.8 Å². The number of hydrogen-bond acceptors (Lipinski definition) is 3. The Morgan fingerprint density at radius 1 is 0.917 bits per heavy atom. The van der Waals surface area contributed by atoms with Crippen LogP contribution in [0.4, 0.5) is 5.69 Å². The predicted molar refractivity (Wildman–Crippen MR) is 147 cm³/mol. The van der Waals surface area contributed by atoms with Crippen LogP contribution < -0.4 is 4.90 Å². The maximum Gasteiger partial charge on any atom is 0.227 e. The van der Waals surface area contributed by atoms with Gasteiger partial charge in [0.25, 0.3) is 0 Å². The van der Waals surface area contributed by atoms with Crippen LogP contribution in [0.15, 0.2) is 54.6 Å². The number of rotatable bonds is 6. The number of carbonyl (C=O) groups excluding carboxylic acids is 2. The van der Waals surface area contributed by atoms with E-state index in [4.69, 9.17) is 0 Å². The minimum absolute atomic E-state index is 0.157. The molecule has 2 unspecified atom stereocenters. The standard InChI is InChI=1S/C31H43N3O2/c1-4-30(35)34-20-18-27-14-10-15-28(33(27)19-17-24(2)3)23-32(22-26-13-8-9-16-29(26)34)31(36)21-25-11-6-5-7-12-25/h5-9,11-13,16,24,27-28H,4,10,14-15,17-23H2,1-3H3. The van der Waals surface area contributed by atoms with Crippen molar-refractivity contribution < 1.29 is 9.59 Å². The Morgan fingerprint density at radius 3 is 2.39 bits per heavy atom. The van der Waals surface area contributed by atoms with Crippen molar-refractivity contribution in [3.63, 3.8) is 0 Å². The van der Waals surface area contributed by atoms with Gasteiger partial charge < -0.3 is 9.80 Å². The summed E-state index contributed by atoms with van der Waals surface area (Å²) in [7, 11) is 0. The number of amides is 2. The second-order valence-electron chi connectivity index (χ2n) is 10.9. The molecule has 5 heteroatoms. The second kappa shape index (κ2) is 12.5. The van der Waals surface area contributed by atoms with Gasteiger partial charge in [0.05, 0.1) is 6.42 Å². The summed E-state index contributed by atoms with van der Waals surface area (Å²) in [5.74, 6) is 0.960. The first kappa shape index (κ1) is 26.4. The average molecular weight is 490 g/mol. The van der Waals surface area contributed by atoms with Crippen molar-refractivity contribution in [2.24, 2.45) is 5.92 Å². The third-order valence-electron chi connectivity index (χ3n) is 7.89. The van der Waals surface area contributed by atoms with Crippen LogP contribution in [0.1, 0.15) is 70.4 Å². The molecule has 2 heterocycles. The number of hydrogen-bond donors (Lipinski definition) is 0. The summed E-state index contributed by atoms with van der Waals surface area (Å²) >= 11 is 0. The van der Waals surface area contributed by atoms with Crippen molar-refractivity contribution >= 4 is 17.5 Å².